The van der Waals surface area contributed by atoms with Gasteiger partial charge >= 0.3 is 276 Å². The molecule has 4 aromatic carbocycles. The molecule has 0 aliphatic heterocycles. The molecule has 0 N–H and O–H groups in total. The monoisotopic (exact) mass is 654 g/mol. The molecule has 0 amide bonds. The van der Waals surface area contributed by atoms with Crippen molar-refractivity contribution in [3.63, 3.8) is 0 Å². The predicted molar refractivity (Wildman–Crippen MR) is 187 cm³/mol. The zero-order chi connectivity index (χ0) is 31.6. The summed E-state index contributed by atoms with van der Waals surface area (Å²) in [5.74, 6) is 0.468. The molecule has 224 valence electrons. The summed E-state index contributed by atoms with van der Waals surface area (Å²) < 4.78 is 3.80. The average Bonchev–Trinajstić information content (AvgIpc) is 3.41. The number of hydrogen-bond donors (Lipinski definition) is 0. The van der Waals surface area contributed by atoms with Gasteiger partial charge in [-0.3, -0.25) is 0 Å². The summed E-state index contributed by atoms with van der Waals surface area (Å²) in [6.07, 6.45) is 0. The molecule has 2 aliphatic carbocycles. The van der Waals surface area contributed by atoms with Gasteiger partial charge in [0.15, 0.2) is 0 Å². The number of fused-ring (bicyclic) bond motifs is 3. The van der Waals surface area contributed by atoms with E-state index in [-0.39, 0.29) is 10.8 Å². The summed E-state index contributed by atoms with van der Waals surface area (Å²) in [7, 11) is 0. The first-order valence-corrected chi connectivity index (χ1v) is 20.2. The van der Waals surface area contributed by atoms with Gasteiger partial charge in [0.1, 0.15) is 0 Å². The summed E-state index contributed by atoms with van der Waals surface area (Å²) in [6, 6.07) is 37.7. The number of hydrogen-bond acceptors (Lipinski definition) is 0. The number of allylic oxidation sites excluding steroid dienone is 4. The second-order valence-corrected chi connectivity index (χ2v) is 21.1. The van der Waals surface area contributed by atoms with Crippen LogP contribution < -0.4 is 0 Å². The molecule has 1 atom stereocenters. The van der Waals surface area contributed by atoms with Crippen LogP contribution in [0.2, 0.25) is 0 Å². The summed E-state index contributed by atoms with van der Waals surface area (Å²) >= 11 is -2.86. The van der Waals surface area contributed by atoms with Crippen LogP contribution in [0.3, 0.4) is 0 Å². The van der Waals surface area contributed by atoms with Crippen LogP contribution in [0.1, 0.15) is 106 Å². The van der Waals surface area contributed by atoms with E-state index in [1.807, 2.05) is 0 Å². The first-order valence-electron chi connectivity index (χ1n) is 16.3. The van der Waals surface area contributed by atoms with E-state index >= 15 is 0 Å². The molecule has 0 saturated carbocycles. The summed E-state index contributed by atoms with van der Waals surface area (Å²) in [6.45, 7) is 23.8. The van der Waals surface area contributed by atoms with Crippen LogP contribution in [-0.4, -0.2) is 3.21 Å². The Morgan fingerprint density at radius 3 is 1.36 bits per heavy atom. The van der Waals surface area contributed by atoms with Gasteiger partial charge in [-0.1, -0.05) is 0 Å². The van der Waals surface area contributed by atoms with Crippen molar-refractivity contribution in [2.75, 3.05) is 0 Å². The first kappa shape index (κ1) is 31.1. The minimum atomic E-state index is -2.86. The first-order chi connectivity index (χ1) is 20.8. The van der Waals surface area contributed by atoms with E-state index in [4.69, 9.17) is 0 Å². The van der Waals surface area contributed by atoms with Crippen molar-refractivity contribution in [2.45, 2.75) is 83.7 Å². The van der Waals surface area contributed by atoms with E-state index in [1.54, 1.807) is 28.8 Å². The van der Waals surface area contributed by atoms with Gasteiger partial charge in [-0.2, -0.15) is 0 Å². The van der Waals surface area contributed by atoms with Gasteiger partial charge < -0.3 is 0 Å². The standard InChI is InChI=1S/C21H25.C13H10.C9H13.Zr/c1-20(2,3)16-7-9-18-14(12-16)11-15-13-17(21(4,5)6)8-10-19(15)18;1-3-7-12(8-4-1)11-13-9-5-2-6-10-13;1-6-5-7(2)9(4)8(6)3;/h7-13H,1-6H3;1-10H;6H,1-4H3;. The fourth-order valence-electron chi connectivity index (χ4n) is 7.43. The van der Waals surface area contributed by atoms with E-state index in [2.05, 4.69) is 166 Å². The molecule has 0 spiro atoms. The molecule has 44 heavy (non-hydrogen) atoms. The topological polar surface area (TPSA) is 0 Å². The van der Waals surface area contributed by atoms with Crippen molar-refractivity contribution < 1.29 is 21.3 Å². The third kappa shape index (κ3) is 5.34. The van der Waals surface area contributed by atoms with Gasteiger partial charge in [-0.15, -0.1) is 0 Å². The molecule has 0 bridgehead atoms. The molecule has 1 heteroatoms. The molecule has 0 fully saturated rings. The average molecular weight is 656 g/mol. The van der Waals surface area contributed by atoms with Gasteiger partial charge in [-0.05, 0) is 0 Å². The van der Waals surface area contributed by atoms with Crippen molar-refractivity contribution >= 4 is 3.21 Å². The van der Waals surface area contributed by atoms with Crippen molar-refractivity contribution in [3.8, 4) is 11.1 Å². The summed E-state index contributed by atoms with van der Waals surface area (Å²) in [5.41, 5.74) is 16.5. The molecule has 0 saturated heterocycles. The fraction of sp³-hybridized carbons (Fsp3) is 0.326. The second kappa shape index (κ2) is 11.5. The van der Waals surface area contributed by atoms with Crippen LogP contribution in [0.4, 0.5) is 0 Å². The quantitative estimate of drug-likeness (QED) is 0.205. The molecule has 0 radical (unpaired) electrons. The van der Waals surface area contributed by atoms with E-state index < -0.39 is 21.3 Å². The molecular formula is C43H48Zr. The normalized spacial score (nSPS) is 16.8. The van der Waals surface area contributed by atoms with Crippen LogP contribution in [-0.2, 0) is 32.1 Å². The Labute approximate surface area is 274 Å². The van der Waals surface area contributed by atoms with Gasteiger partial charge in [0.25, 0.3) is 0 Å². The van der Waals surface area contributed by atoms with Gasteiger partial charge in [0, 0.05) is 0 Å². The molecule has 0 nitrogen and oxygen atoms in total. The molecule has 1 unspecified atom stereocenters. The molecule has 6 rings (SSSR count). The Kier molecular flexibility index (Phi) is 8.12. The van der Waals surface area contributed by atoms with Gasteiger partial charge in [-0.25, -0.2) is 0 Å². The number of rotatable bonds is 4. The Morgan fingerprint density at radius 2 is 1.00 bits per heavy atom. The zero-order valence-corrected chi connectivity index (χ0v) is 30.9. The van der Waals surface area contributed by atoms with E-state index in [0.29, 0.717) is 9.54 Å². The van der Waals surface area contributed by atoms with Crippen molar-refractivity contribution in [1.82, 2.24) is 0 Å². The Balaban J connectivity index is 1.80. The SMILES string of the molecule is CC1=C(C)C(C)[C]([Zr](=[C](c2ccccc2)c2ccccc2)[CH]2c3cc(C(C)(C)C)ccc3-c3ccc(C(C)(C)C)cc32)=C1C. The fourth-order valence-corrected chi connectivity index (χ4v) is 17.7. The molecular weight excluding hydrogens is 608 g/mol. The van der Waals surface area contributed by atoms with Crippen molar-refractivity contribution in [2.24, 2.45) is 5.92 Å². The third-order valence-electron chi connectivity index (χ3n) is 10.4. The Bertz CT molecular complexity index is 1730. The maximum absolute atomic E-state index is 2.86. The van der Waals surface area contributed by atoms with E-state index in [0.717, 1.165) is 0 Å². The van der Waals surface area contributed by atoms with Gasteiger partial charge in [0.2, 0.25) is 0 Å². The van der Waals surface area contributed by atoms with Crippen LogP contribution in [0.5, 0.6) is 0 Å². The van der Waals surface area contributed by atoms with Crippen LogP contribution in [0.15, 0.2) is 117 Å². The zero-order valence-electron chi connectivity index (χ0n) is 28.4. The molecule has 2 aliphatic rings. The Hall–Kier alpha value is -2.89. The molecule has 0 heterocycles. The van der Waals surface area contributed by atoms with Gasteiger partial charge in [0.05, 0.1) is 0 Å². The second-order valence-electron chi connectivity index (χ2n) is 15.1. The summed E-state index contributed by atoms with van der Waals surface area (Å²) in [4.78, 5) is 0. The molecule has 4 aromatic rings. The Morgan fingerprint density at radius 1 is 0.568 bits per heavy atom. The van der Waals surface area contributed by atoms with Crippen molar-refractivity contribution in [1.29, 1.82) is 0 Å². The van der Waals surface area contributed by atoms with Crippen LogP contribution in [0, 0.1) is 5.92 Å². The minimum absolute atomic E-state index is 0.0877. The van der Waals surface area contributed by atoms with Crippen molar-refractivity contribution in [3.05, 3.63) is 150 Å². The van der Waals surface area contributed by atoms with E-state index in [1.165, 1.54) is 39.0 Å². The predicted octanol–water partition coefficient (Wildman–Crippen LogP) is 11.5. The van der Waals surface area contributed by atoms with Crippen LogP contribution in [0.25, 0.3) is 11.1 Å². The van der Waals surface area contributed by atoms with Crippen LogP contribution >= 0.6 is 0 Å². The third-order valence-corrected chi connectivity index (χ3v) is 19.5. The number of benzene rings is 4. The van der Waals surface area contributed by atoms with E-state index in [9.17, 15) is 0 Å². The molecule has 0 aromatic heterocycles. The summed E-state index contributed by atoms with van der Waals surface area (Å²) in [5, 5.41) is 0. The maximum atomic E-state index is 2.60.